The molecule has 170 valence electrons. The molecule has 0 radical (unpaired) electrons. The molecule has 0 unspecified atom stereocenters. The summed E-state index contributed by atoms with van der Waals surface area (Å²) in [5.74, 6) is 2.02. The van der Waals surface area contributed by atoms with Crippen molar-refractivity contribution in [1.82, 2.24) is 19.4 Å². The Hall–Kier alpha value is -1.43. The highest BCUT2D eigenvalue weighted by atomic mass is 16.5. The molecular weight excluding hydrogens is 384 g/mol. The molecule has 0 amide bonds. The molecule has 0 bridgehead atoms. The van der Waals surface area contributed by atoms with Crippen LogP contribution >= 0.6 is 0 Å². The van der Waals surface area contributed by atoms with Crippen LogP contribution in [0.3, 0.4) is 0 Å². The molecule has 5 rings (SSSR count). The van der Waals surface area contributed by atoms with Crippen molar-refractivity contribution in [1.29, 1.82) is 0 Å². The highest BCUT2D eigenvalue weighted by molar-refractivity contribution is 5.75. The number of imidazole rings is 1. The first-order valence-corrected chi connectivity index (χ1v) is 12.8. The van der Waals surface area contributed by atoms with Gasteiger partial charge in [0.1, 0.15) is 5.82 Å². The van der Waals surface area contributed by atoms with Gasteiger partial charge in [-0.3, -0.25) is 4.90 Å². The Morgan fingerprint density at radius 1 is 1.00 bits per heavy atom. The normalized spacial score (nSPS) is 24.1. The second-order valence-corrected chi connectivity index (χ2v) is 10.0. The maximum absolute atomic E-state index is 6.03. The summed E-state index contributed by atoms with van der Waals surface area (Å²) in [5.41, 5.74) is 2.39. The molecule has 31 heavy (non-hydrogen) atoms. The summed E-state index contributed by atoms with van der Waals surface area (Å²) >= 11 is 0. The van der Waals surface area contributed by atoms with E-state index in [1.54, 1.807) is 0 Å². The van der Waals surface area contributed by atoms with Gasteiger partial charge < -0.3 is 14.2 Å². The number of piperidine rings is 1. The minimum atomic E-state index is 0.401. The van der Waals surface area contributed by atoms with Crippen molar-refractivity contribution in [2.75, 3.05) is 32.8 Å². The van der Waals surface area contributed by atoms with E-state index >= 15 is 0 Å². The van der Waals surface area contributed by atoms with Gasteiger partial charge in [0.15, 0.2) is 0 Å². The number of aryl methyl sites for hydroxylation is 1. The van der Waals surface area contributed by atoms with Gasteiger partial charge in [-0.2, -0.15) is 0 Å². The van der Waals surface area contributed by atoms with Crippen LogP contribution < -0.4 is 0 Å². The summed E-state index contributed by atoms with van der Waals surface area (Å²) in [7, 11) is 0. The van der Waals surface area contributed by atoms with Crippen LogP contribution in [0.15, 0.2) is 24.3 Å². The summed E-state index contributed by atoms with van der Waals surface area (Å²) in [6.45, 7) is 9.93. The zero-order valence-corrected chi connectivity index (χ0v) is 19.3. The van der Waals surface area contributed by atoms with Crippen molar-refractivity contribution in [3.05, 3.63) is 30.1 Å². The first-order valence-electron chi connectivity index (χ1n) is 12.8. The molecule has 0 spiro atoms. The lowest BCUT2D eigenvalue weighted by Gasteiger charge is -2.38. The number of fused-ring (bicyclic) bond motifs is 1. The number of ether oxygens (including phenoxy) is 1. The summed E-state index contributed by atoms with van der Waals surface area (Å²) in [5, 5.41) is 0. The van der Waals surface area contributed by atoms with Crippen LogP contribution in [0.4, 0.5) is 0 Å². The maximum atomic E-state index is 6.03. The molecule has 1 aromatic carbocycles. The number of rotatable bonds is 8. The van der Waals surface area contributed by atoms with Crippen LogP contribution in [0.2, 0.25) is 0 Å². The summed E-state index contributed by atoms with van der Waals surface area (Å²) < 4.78 is 8.44. The number of aromatic nitrogens is 2. The number of hydrogen-bond acceptors (Lipinski definition) is 4. The predicted octanol–water partition coefficient (Wildman–Crippen LogP) is 4.69. The van der Waals surface area contributed by atoms with Crippen LogP contribution in [0.25, 0.3) is 11.0 Å². The molecule has 1 aromatic heterocycles. The Morgan fingerprint density at radius 3 is 2.55 bits per heavy atom. The minimum Gasteiger partial charge on any atom is -0.377 e. The van der Waals surface area contributed by atoms with E-state index in [2.05, 4.69) is 45.6 Å². The largest absolute Gasteiger partial charge is 0.377 e. The Kier molecular flexibility index (Phi) is 6.92. The molecule has 2 aliphatic heterocycles. The van der Waals surface area contributed by atoms with Gasteiger partial charge in [0.2, 0.25) is 0 Å². The van der Waals surface area contributed by atoms with Crippen molar-refractivity contribution in [3.8, 4) is 0 Å². The first-order chi connectivity index (χ1) is 15.3. The van der Waals surface area contributed by atoms with Crippen LogP contribution in [0, 0.1) is 5.92 Å². The van der Waals surface area contributed by atoms with Crippen molar-refractivity contribution in [3.63, 3.8) is 0 Å². The molecule has 1 aliphatic carbocycles. The van der Waals surface area contributed by atoms with E-state index in [1.807, 2.05) is 0 Å². The molecule has 2 saturated heterocycles. The maximum Gasteiger partial charge on any atom is 0.124 e. The highest BCUT2D eigenvalue weighted by Gasteiger charge is 2.29. The quantitative estimate of drug-likeness (QED) is 0.615. The van der Waals surface area contributed by atoms with Gasteiger partial charge in [0, 0.05) is 32.3 Å². The van der Waals surface area contributed by atoms with Gasteiger partial charge in [0.05, 0.1) is 23.7 Å². The van der Waals surface area contributed by atoms with Crippen molar-refractivity contribution < 1.29 is 4.74 Å². The monoisotopic (exact) mass is 424 g/mol. The third-order valence-electron chi connectivity index (χ3n) is 7.91. The van der Waals surface area contributed by atoms with Gasteiger partial charge >= 0.3 is 0 Å². The van der Waals surface area contributed by atoms with Crippen LogP contribution in [0.5, 0.6) is 0 Å². The average Bonchev–Trinajstić information content (AvgIpc) is 3.55. The zero-order chi connectivity index (χ0) is 21.0. The number of nitrogens with zero attached hydrogens (tertiary/aromatic N) is 4. The van der Waals surface area contributed by atoms with Crippen LogP contribution in [-0.2, 0) is 17.8 Å². The topological polar surface area (TPSA) is 33.5 Å². The molecule has 5 heteroatoms. The Balaban J connectivity index is 1.26. The van der Waals surface area contributed by atoms with E-state index in [-0.39, 0.29) is 0 Å². The summed E-state index contributed by atoms with van der Waals surface area (Å²) in [6.07, 6.45) is 11.3. The standard InChI is InChI=1S/C26H40N4O/c1-2-30-25-12-6-5-11-24(25)27-26(30)20-28(19-23-10-7-17-31-23)18-21-13-15-29(16-14-21)22-8-3-4-9-22/h5-6,11-12,21-23H,2-4,7-10,13-20H2,1H3/t23-/m1/s1. The van der Waals surface area contributed by atoms with Gasteiger partial charge in [-0.25, -0.2) is 4.98 Å². The zero-order valence-electron chi connectivity index (χ0n) is 19.3. The second-order valence-electron chi connectivity index (χ2n) is 10.0. The molecule has 5 nitrogen and oxygen atoms in total. The Labute approximate surface area is 187 Å². The van der Waals surface area contributed by atoms with Gasteiger partial charge in [-0.1, -0.05) is 25.0 Å². The number of benzene rings is 1. The first kappa shape index (κ1) is 21.4. The van der Waals surface area contributed by atoms with E-state index in [0.717, 1.165) is 43.7 Å². The summed E-state index contributed by atoms with van der Waals surface area (Å²) in [6, 6.07) is 9.46. The molecular formula is C26H40N4O. The fourth-order valence-electron chi connectivity index (χ4n) is 6.21. The van der Waals surface area contributed by atoms with Crippen molar-refractivity contribution >= 4 is 11.0 Å². The molecule has 3 fully saturated rings. The van der Waals surface area contributed by atoms with E-state index in [4.69, 9.17) is 9.72 Å². The number of para-hydroxylation sites is 2. The summed E-state index contributed by atoms with van der Waals surface area (Å²) in [4.78, 5) is 10.5. The highest BCUT2D eigenvalue weighted by Crippen LogP contribution is 2.29. The van der Waals surface area contributed by atoms with E-state index in [9.17, 15) is 0 Å². The molecule has 3 aliphatic rings. The predicted molar refractivity (Wildman–Crippen MR) is 126 cm³/mol. The SMILES string of the molecule is CCn1c(CN(CC2CCN(C3CCCC3)CC2)C[C@H]2CCCO2)nc2ccccc21. The second kappa shape index (κ2) is 10.0. The fraction of sp³-hybridized carbons (Fsp3) is 0.731. The number of hydrogen-bond donors (Lipinski definition) is 0. The fourth-order valence-corrected chi connectivity index (χ4v) is 6.21. The number of likely N-dealkylation sites (tertiary alicyclic amines) is 1. The van der Waals surface area contributed by atoms with Crippen LogP contribution in [-0.4, -0.2) is 64.3 Å². The molecule has 3 heterocycles. The molecule has 1 saturated carbocycles. The smallest absolute Gasteiger partial charge is 0.124 e. The van der Waals surface area contributed by atoms with E-state index < -0.39 is 0 Å². The lowest BCUT2D eigenvalue weighted by Crippen LogP contribution is -2.43. The van der Waals surface area contributed by atoms with Gasteiger partial charge in [0.25, 0.3) is 0 Å². The lowest BCUT2D eigenvalue weighted by atomic mass is 9.94. The Morgan fingerprint density at radius 2 is 1.81 bits per heavy atom. The third kappa shape index (κ3) is 4.99. The minimum absolute atomic E-state index is 0.401. The van der Waals surface area contributed by atoms with Gasteiger partial charge in [-0.05, 0) is 76.6 Å². The van der Waals surface area contributed by atoms with Crippen LogP contribution in [0.1, 0.15) is 64.1 Å². The molecule has 0 N–H and O–H groups in total. The van der Waals surface area contributed by atoms with Crippen molar-refractivity contribution in [2.45, 2.75) is 83.5 Å². The average molecular weight is 425 g/mol. The van der Waals surface area contributed by atoms with Gasteiger partial charge in [-0.15, -0.1) is 0 Å². The van der Waals surface area contributed by atoms with Crippen molar-refractivity contribution in [2.24, 2.45) is 5.92 Å². The molecule has 1 atom stereocenters. The Bertz CT molecular complexity index is 829. The van der Waals surface area contributed by atoms with E-state index in [1.165, 1.54) is 82.3 Å². The van der Waals surface area contributed by atoms with E-state index in [0.29, 0.717) is 6.10 Å². The third-order valence-corrected chi connectivity index (χ3v) is 7.91. The molecule has 2 aromatic rings. The lowest BCUT2D eigenvalue weighted by molar-refractivity contribution is 0.0527.